The molecular weight excluding hydrogens is 456 g/mol. The number of nitrogens with zero attached hydrogens (tertiary/aromatic N) is 1. The summed E-state index contributed by atoms with van der Waals surface area (Å²) in [4.78, 5) is 23.2. The summed E-state index contributed by atoms with van der Waals surface area (Å²) in [6.45, 7) is 1.35. The molecule has 0 saturated heterocycles. The average molecular weight is 476 g/mol. The Kier molecular flexibility index (Phi) is 7.10. The minimum Gasteiger partial charge on any atom is -0.293 e. The Hall–Kier alpha value is -3.04. The highest BCUT2D eigenvalue weighted by atomic mass is 32.2. The second kappa shape index (κ2) is 9.62. The lowest BCUT2D eigenvalue weighted by atomic mass is 10.0. The highest BCUT2D eigenvalue weighted by Gasteiger charge is 2.23. The molecule has 0 atom stereocenters. The van der Waals surface area contributed by atoms with E-state index in [1.165, 1.54) is 68.6 Å². The standard InChI is InChI=1S/C23H19F2NO4S2/c1-15(27)31-14-23(28)17-4-3-5-20(12-17)32(29,30)26(2)19-9-6-16(7-10-19)21-11-8-18(24)13-22(21)25/h3-13H,14H2,1-2H3. The molecule has 0 aromatic heterocycles. The van der Waals surface area contributed by atoms with Gasteiger partial charge < -0.3 is 0 Å². The maximum atomic E-state index is 14.0. The molecule has 32 heavy (non-hydrogen) atoms. The van der Waals surface area contributed by atoms with Crippen LogP contribution in [0.1, 0.15) is 17.3 Å². The minimum absolute atomic E-state index is 0.0733. The quantitative estimate of drug-likeness (QED) is 0.454. The van der Waals surface area contributed by atoms with Crippen molar-refractivity contribution >= 4 is 38.4 Å². The predicted octanol–water partition coefficient (Wildman–Crippen LogP) is 4.92. The Morgan fingerprint density at radius 2 is 1.66 bits per heavy atom. The molecule has 0 saturated carbocycles. The number of carbonyl (C=O) groups excluding carboxylic acids is 2. The van der Waals surface area contributed by atoms with E-state index >= 15 is 0 Å². The monoisotopic (exact) mass is 475 g/mol. The van der Waals surface area contributed by atoms with Crippen LogP contribution in [0.3, 0.4) is 0 Å². The van der Waals surface area contributed by atoms with E-state index < -0.39 is 21.7 Å². The van der Waals surface area contributed by atoms with Gasteiger partial charge in [-0.25, -0.2) is 17.2 Å². The zero-order valence-electron chi connectivity index (χ0n) is 17.2. The van der Waals surface area contributed by atoms with Gasteiger partial charge in [0.25, 0.3) is 10.0 Å². The van der Waals surface area contributed by atoms with Gasteiger partial charge in [-0.1, -0.05) is 36.0 Å². The van der Waals surface area contributed by atoms with Crippen molar-refractivity contribution in [3.63, 3.8) is 0 Å². The van der Waals surface area contributed by atoms with E-state index in [0.29, 0.717) is 11.3 Å². The van der Waals surface area contributed by atoms with Crippen LogP contribution in [0.15, 0.2) is 71.6 Å². The number of ketones is 1. The Labute approximate surface area is 189 Å². The molecule has 0 radical (unpaired) electrons. The molecule has 166 valence electrons. The minimum atomic E-state index is -3.99. The van der Waals surface area contributed by atoms with Crippen LogP contribution in [0.5, 0.6) is 0 Å². The largest absolute Gasteiger partial charge is 0.293 e. The predicted molar refractivity (Wildman–Crippen MR) is 121 cm³/mol. The highest BCUT2D eigenvalue weighted by Crippen LogP contribution is 2.28. The molecule has 0 heterocycles. The fourth-order valence-electron chi connectivity index (χ4n) is 2.95. The molecule has 0 N–H and O–H groups in total. The highest BCUT2D eigenvalue weighted by molar-refractivity contribution is 8.14. The molecule has 5 nitrogen and oxygen atoms in total. The van der Waals surface area contributed by atoms with Crippen molar-refractivity contribution in [1.29, 1.82) is 0 Å². The third-order valence-electron chi connectivity index (χ3n) is 4.69. The molecule has 0 bridgehead atoms. The zero-order chi connectivity index (χ0) is 23.5. The summed E-state index contributed by atoms with van der Waals surface area (Å²) in [6, 6.07) is 14.9. The van der Waals surface area contributed by atoms with Gasteiger partial charge in [-0.15, -0.1) is 0 Å². The summed E-state index contributed by atoms with van der Waals surface area (Å²) in [7, 11) is -2.62. The first-order chi connectivity index (χ1) is 15.1. The number of hydrogen-bond acceptors (Lipinski definition) is 5. The van der Waals surface area contributed by atoms with E-state index in [-0.39, 0.29) is 32.7 Å². The first-order valence-electron chi connectivity index (χ1n) is 9.40. The van der Waals surface area contributed by atoms with Crippen LogP contribution in [0.2, 0.25) is 0 Å². The summed E-state index contributed by atoms with van der Waals surface area (Å²) in [5.41, 5.74) is 1.17. The van der Waals surface area contributed by atoms with Crippen molar-refractivity contribution in [2.24, 2.45) is 0 Å². The Bertz CT molecular complexity index is 1280. The lowest BCUT2D eigenvalue weighted by Gasteiger charge is -2.20. The number of hydrogen-bond donors (Lipinski definition) is 0. The van der Waals surface area contributed by atoms with Crippen molar-refractivity contribution in [2.75, 3.05) is 17.1 Å². The van der Waals surface area contributed by atoms with E-state index in [1.807, 2.05) is 0 Å². The molecule has 0 unspecified atom stereocenters. The van der Waals surface area contributed by atoms with Gasteiger partial charge in [0, 0.05) is 31.2 Å². The first kappa shape index (κ1) is 23.6. The summed E-state index contributed by atoms with van der Waals surface area (Å²) in [5.74, 6) is -1.83. The van der Waals surface area contributed by atoms with Crippen LogP contribution >= 0.6 is 11.8 Å². The normalized spacial score (nSPS) is 11.2. The second-order valence-electron chi connectivity index (χ2n) is 6.87. The lowest BCUT2D eigenvalue weighted by Crippen LogP contribution is -2.26. The Morgan fingerprint density at radius 1 is 0.969 bits per heavy atom. The van der Waals surface area contributed by atoms with Crippen LogP contribution < -0.4 is 4.31 Å². The van der Waals surface area contributed by atoms with Crippen molar-refractivity contribution in [3.05, 3.63) is 83.9 Å². The molecule has 0 aliphatic rings. The Balaban J connectivity index is 1.85. The molecule has 0 spiro atoms. The zero-order valence-corrected chi connectivity index (χ0v) is 18.8. The Morgan fingerprint density at radius 3 is 2.28 bits per heavy atom. The fourth-order valence-corrected chi connectivity index (χ4v) is 4.69. The SMILES string of the molecule is CC(=O)SCC(=O)c1cccc(S(=O)(=O)N(C)c2ccc(-c3ccc(F)cc3F)cc2)c1. The number of anilines is 1. The second-order valence-corrected chi connectivity index (χ2v) is 10.00. The summed E-state index contributed by atoms with van der Waals surface area (Å²) in [6.07, 6.45) is 0. The molecule has 0 fully saturated rings. The van der Waals surface area contributed by atoms with Crippen LogP contribution in [-0.4, -0.2) is 32.1 Å². The summed E-state index contributed by atoms with van der Waals surface area (Å²) < 4.78 is 54.3. The van der Waals surface area contributed by atoms with E-state index in [4.69, 9.17) is 0 Å². The van der Waals surface area contributed by atoms with Crippen LogP contribution in [-0.2, 0) is 14.8 Å². The van der Waals surface area contributed by atoms with Gasteiger partial charge in [0.15, 0.2) is 10.9 Å². The lowest BCUT2D eigenvalue weighted by molar-refractivity contribution is -0.109. The number of carbonyl (C=O) groups is 2. The number of sulfonamides is 1. The number of Topliss-reactive ketones (excluding diaryl/α,β-unsaturated/α-hetero) is 1. The maximum Gasteiger partial charge on any atom is 0.264 e. The van der Waals surface area contributed by atoms with Crippen LogP contribution in [0.25, 0.3) is 11.1 Å². The molecular formula is C23H19F2NO4S2. The van der Waals surface area contributed by atoms with Crippen molar-refractivity contribution in [3.8, 4) is 11.1 Å². The van der Waals surface area contributed by atoms with E-state index in [1.54, 1.807) is 0 Å². The molecule has 3 rings (SSSR count). The van der Waals surface area contributed by atoms with Crippen molar-refractivity contribution in [1.82, 2.24) is 0 Å². The third kappa shape index (κ3) is 5.23. The van der Waals surface area contributed by atoms with Crippen LogP contribution in [0, 0.1) is 11.6 Å². The first-order valence-corrected chi connectivity index (χ1v) is 11.8. The summed E-state index contributed by atoms with van der Waals surface area (Å²) >= 11 is 0.856. The smallest absolute Gasteiger partial charge is 0.264 e. The molecule has 0 aliphatic heterocycles. The number of halogens is 2. The van der Waals surface area contributed by atoms with Crippen LogP contribution in [0.4, 0.5) is 14.5 Å². The van der Waals surface area contributed by atoms with Crippen molar-refractivity contribution in [2.45, 2.75) is 11.8 Å². The maximum absolute atomic E-state index is 14.0. The van der Waals surface area contributed by atoms with E-state index in [9.17, 15) is 26.8 Å². The number of benzene rings is 3. The van der Waals surface area contributed by atoms with Gasteiger partial charge in [-0.05, 0) is 42.0 Å². The van der Waals surface area contributed by atoms with E-state index in [0.717, 1.165) is 28.2 Å². The van der Waals surface area contributed by atoms with Gasteiger partial charge in [-0.2, -0.15) is 0 Å². The third-order valence-corrected chi connectivity index (χ3v) is 7.29. The van der Waals surface area contributed by atoms with Gasteiger partial charge in [-0.3, -0.25) is 13.9 Å². The van der Waals surface area contributed by atoms with E-state index in [2.05, 4.69) is 0 Å². The van der Waals surface area contributed by atoms with Gasteiger partial charge in [0.2, 0.25) is 0 Å². The van der Waals surface area contributed by atoms with Gasteiger partial charge >= 0.3 is 0 Å². The molecule has 0 aliphatic carbocycles. The molecule has 0 amide bonds. The molecule has 3 aromatic carbocycles. The summed E-state index contributed by atoms with van der Waals surface area (Å²) in [5, 5.41) is -0.203. The topological polar surface area (TPSA) is 71.5 Å². The number of thioether (sulfide) groups is 1. The molecule has 9 heteroatoms. The fraction of sp³-hybridized carbons (Fsp3) is 0.130. The van der Waals surface area contributed by atoms with Gasteiger partial charge in [0.05, 0.1) is 16.3 Å². The van der Waals surface area contributed by atoms with Gasteiger partial charge in [0.1, 0.15) is 11.6 Å². The molecule has 3 aromatic rings. The average Bonchev–Trinajstić information content (AvgIpc) is 2.77. The number of rotatable bonds is 7. The van der Waals surface area contributed by atoms with Crippen molar-refractivity contribution < 1.29 is 26.8 Å².